The molecule has 0 aliphatic rings. The molecule has 92 valence electrons. The van der Waals surface area contributed by atoms with Crippen LogP contribution < -0.4 is 16.8 Å². The van der Waals surface area contributed by atoms with Crippen molar-refractivity contribution in [2.75, 3.05) is 6.54 Å². The van der Waals surface area contributed by atoms with Crippen LogP contribution in [0.3, 0.4) is 0 Å². The molecule has 0 aromatic rings. The molecule has 0 rings (SSSR count). The number of aldehydes is 1. The van der Waals surface area contributed by atoms with Crippen LogP contribution in [0.1, 0.15) is 32.6 Å². The second kappa shape index (κ2) is 8.70. The molecule has 0 aromatic carbocycles. The average Bonchev–Trinajstić information content (AvgIpc) is 2.22. The van der Waals surface area contributed by atoms with Gasteiger partial charge in [-0.1, -0.05) is 6.92 Å². The van der Waals surface area contributed by atoms with Gasteiger partial charge in [0.25, 0.3) is 0 Å². The molecule has 1 amide bonds. The van der Waals surface area contributed by atoms with E-state index in [2.05, 4.69) is 10.3 Å². The first-order chi connectivity index (χ1) is 7.60. The first kappa shape index (κ1) is 14.4. The SMILES string of the molecule is CCCC(=O)N[C@H](C=O)CCCN=C(N)N. The molecule has 0 saturated heterocycles. The summed E-state index contributed by atoms with van der Waals surface area (Å²) < 4.78 is 0. The van der Waals surface area contributed by atoms with Gasteiger partial charge < -0.3 is 21.6 Å². The minimum Gasteiger partial charge on any atom is -0.370 e. The first-order valence-corrected chi connectivity index (χ1v) is 5.40. The van der Waals surface area contributed by atoms with Crippen molar-refractivity contribution in [2.24, 2.45) is 16.5 Å². The zero-order valence-electron chi connectivity index (χ0n) is 9.61. The standard InChI is InChI=1S/C10H20N4O2/c1-2-4-9(16)14-8(7-15)5-3-6-13-10(11)12/h7-8H,2-6H2,1H3,(H,14,16)(H4,11,12,13)/t8-/m0/s1. The van der Waals surface area contributed by atoms with Gasteiger partial charge in [0.1, 0.15) is 6.29 Å². The zero-order valence-corrected chi connectivity index (χ0v) is 9.61. The van der Waals surface area contributed by atoms with Crippen molar-refractivity contribution in [1.29, 1.82) is 0 Å². The summed E-state index contributed by atoms with van der Waals surface area (Å²) in [5, 5.41) is 2.64. The van der Waals surface area contributed by atoms with Crippen LogP contribution in [0.2, 0.25) is 0 Å². The summed E-state index contributed by atoms with van der Waals surface area (Å²) in [6.45, 7) is 2.38. The molecule has 0 spiro atoms. The van der Waals surface area contributed by atoms with Gasteiger partial charge in [-0.25, -0.2) is 0 Å². The van der Waals surface area contributed by atoms with Crippen molar-refractivity contribution in [3.8, 4) is 0 Å². The molecule has 1 atom stereocenters. The van der Waals surface area contributed by atoms with Crippen LogP contribution in [-0.4, -0.2) is 30.7 Å². The lowest BCUT2D eigenvalue weighted by atomic mass is 10.1. The van der Waals surface area contributed by atoms with Crippen LogP contribution in [0.4, 0.5) is 0 Å². The zero-order chi connectivity index (χ0) is 12.4. The summed E-state index contributed by atoms with van der Waals surface area (Å²) >= 11 is 0. The van der Waals surface area contributed by atoms with Gasteiger partial charge in [0.05, 0.1) is 6.04 Å². The van der Waals surface area contributed by atoms with E-state index < -0.39 is 6.04 Å². The van der Waals surface area contributed by atoms with Gasteiger partial charge in [-0.2, -0.15) is 0 Å². The normalized spacial score (nSPS) is 11.6. The molecule has 0 unspecified atom stereocenters. The van der Waals surface area contributed by atoms with E-state index in [1.807, 2.05) is 6.92 Å². The van der Waals surface area contributed by atoms with Gasteiger partial charge in [-0.15, -0.1) is 0 Å². The van der Waals surface area contributed by atoms with Crippen LogP contribution in [0.15, 0.2) is 4.99 Å². The number of aliphatic imine (C=N–C) groups is 1. The number of hydrogen-bond acceptors (Lipinski definition) is 3. The Morgan fingerprint density at radius 1 is 1.50 bits per heavy atom. The third-order valence-electron chi connectivity index (χ3n) is 1.96. The van der Waals surface area contributed by atoms with Crippen molar-refractivity contribution in [3.63, 3.8) is 0 Å². The highest BCUT2D eigenvalue weighted by molar-refractivity contribution is 5.79. The molecule has 5 N–H and O–H groups in total. The van der Waals surface area contributed by atoms with Crippen LogP contribution >= 0.6 is 0 Å². The molecule has 6 heteroatoms. The molecule has 0 aromatic heterocycles. The number of guanidine groups is 1. The van der Waals surface area contributed by atoms with Gasteiger partial charge in [-0.3, -0.25) is 9.79 Å². The Balaban J connectivity index is 3.79. The predicted octanol–water partition coefficient (Wildman–Crippen LogP) is -0.476. The number of carbonyl (C=O) groups is 2. The molecule has 0 aliphatic heterocycles. The largest absolute Gasteiger partial charge is 0.370 e. The lowest BCUT2D eigenvalue weighted by Gasteiger charge is -2.11. The molecule has 0 bridgehead atoms. The molecule has 0 aliphatic carbocycles. The third-order valence-corrected chi connectivity index (χ3v) is 1.96. The highest BCUT2D eigenvalue weighted by Gasteiger charge is 2.09. The predicted molar refractivity (Wildman–Crippen MR) is 62.8 cm³/mol. The fourth-order valence-corrected chi connectivity index (χ4v) is 1.20. The van der Waals surface area contributed by atoms with Gasteiger partial charge in [-0.05, 0) is 19.3 Å². The number of nitrogens with one attached hydrogen (secondary N) is 1. The van der Waals surface area contributed by atoms with Crippen molar-refractivity contribution >= 4 is 18.2 Å². The van der Waals surface area contributed by atoms with E-state index in [0.29, 0.717) is 25.8 Å². The maximum atomic E-state index is 11.2. The van der Waals surface area contributed by atoms with Crippen LogP contribution in [-0.2, 0) is 9.59 Å². The highest BCUT2D eigenvalue weighted by atomic mass is 16.2. The highest BCUT2D eigenvalue weighted by Crippen LogP contribution is 1.97. The van der Waals surface area contributed by atoms with E-state index in [0.717, 1.165) is 12.7 Å². The van der Waals surface area contributed by atoms with Crippen molar-refractivity contribution < 1.29 is 9.59 Å². The molecule has 0 heterocycles. The number of rotatable bonds is 8. The topological polar surface area (TPSA) is 111 Å². The molecular formula is C10H20N4O2. The monoisotopic (exact) mass is 228 g/mol. The van der Waals surface area contributed by atoms with E-state index >= 15 is 0 Å². The van der Waals surface area contributed by atoms with Gasteiger partial charge >= 0.3 is 0 Å². The van der Waals surface area contributed by atoms with Gasteiger partial charge in [0.2, 0.25) is 5.91 Å². The summed E-state index contributed by atoms with van der Waals surface area (Å²) in [4.78, 5) is 25.7. The Hall–Kier alpha value is -1.59. The first-order valence-electron chi connectivity index (χ1n) is 5.40. The quantitative estimate of drug-likeness (QED) is 0.225. The Kier molecular flexibility index (Phi) is 7.83. The number of nitrogens with two attached hydrogens (primary N) is 2. The van der Waals surface area contributed by atoms with Crippen molar-refractivity contribution in [2.45, 2.75) is 38.6 Å². The summed E-state index contributed by atoms with van der Waals surface area (Å²) in [5.41, 5.74) is 10.3. The fraction of sp³-hybridized carbons (Fsp3) is 0.700. The average molecular weight is 228 g/mol. The van der Waals surface area contributed by atoms with Crippen molar-refractivity contribution in [3.05, 3.63) is 0 Å². The number of nitrogens with zero attached hydrogens (tertiary/aromatic N) is 1. The summed E-state index contributed by atoms with van der Waals surface area (Å²) in [7, 11) is 0. The maximum absolute atomic E-state index is 11.2. The van der Waals surface area contributed by atoms with Crippen LogP contribution in [0.5, 0.6) is 0 Å². The minimum atomic E-state index is -0.437. The third kappa shape index (κ3) is 7.78. The molecule has 16 heavy (non-hydrogen) atoms. The molecule has 6 nitrogen and oxygen atoms in total. The van der Waals surface area contributed by atoms with E-state index in [9.17, 15) is 9.59 Å². The lowest BCUT2D eigenvalue weighted by Crippen LogP contribution is -2.35. The molecule has 0 fully saturated rings. The van der Waals surface area contributed by atoms with Gasteiger partial charge in [0, 0.05) is 13.0 Å². The second-order valence-corrected chi connectivity index (χ2v) is 3.51. The van der Waals surface area contributed by atoms with Gasteiger partial charge in [0.15, 0.2) is 5.96 Å². The minimum absolute atomic E-state index is 0.0395. The number of amides is 1. The van der Waals surface area contributed by atoms with E-state index in [1.54, 1.807) is 0 Å². The Morgan fingerprint density at radius 3 is 2.69 bits per heavy atom. The van der Waals surface area contributed by atoms with E-state index in [4.69, 9.17) is 11.5 Å². The lowest BCUT2D eigenvalue weighted by molar-refractivity contribution is -0.124. The summed E-state index contributed by atoms with van der Waals surface area (Å²) in [6.07, 6.45) is 3.16. The molecule has 0 radical (unpaired) electrons. The Morgan fingerprint density at radius 2 is 2.19 bits per heavy atom. The summed E-state index contributed by atoms with van der Waals surface area (Å²) in [5.74, 6) is -0.0564. The molecular weight excluding hydrogens is 208 g/mol. The van der Waals surface area contributed by atoms with Crippen LogP contribution in [0, 0.1) is 0 Å². The summed E-state index contributed by atoms with van der Waals surface area (Å²) in [6, 6.07) is -0.437. The van der Waals surface area contributed by atoms with E-state index in [-0.39, 0.29) is 11.9 Å². The Labute approximate surface area is 95.5 Å². The Bertz CT molecular complexity index is 249. The maximum Gasteiger partial charge on any atom is 0.220 e. The second-order valence-electron chi connectivity index (χ2n) is 3.51. The number of carbonyl (C=O) groups excluding carboxylic acids is 2. The van der Waals surface area contributed by atoms with E-state index in [1.165, 1.54) is 0 Å². The smallest absolute Gasteiger partial charge is 0.220 e. The fourth-order valence-electron chi connectivity index (χ4n) is 1.20. The van der Waals surface area contributed by atoms with Crippen LogP contribution in [0.25, 0.3) is 0 Å². The number of hydrogen-bond donors (Lipinski definition) is 3. The van der Waals surface area contributed by atoms with Crippen molar-refractivity contribution in [1.82, 2.24) is 5.32 Å². The molecule has 0 saturated carbocycles.